The zero-order chi connectivity index (χ0) is 15.0. The summed E-state index contributed by atoms with van der Waals surface area (Å²) < 4.78 is 26.8. The highest BCUT2D eigenvalue weighted by atomic mass is 35.5. The van der Waals surface area contributed by atoms with E-state index in [1.54, 1.807) is 30.4 Å². The summed E-state index contributed by atoms with van der Waals surface area (Å²) >= 11 is 5.88. The number of hydrogen-bond acceptors (Lipinski definition) is 3. The Labute approximate surface area is 128 Å². The zero-order valence-electron chi connectivity index (χ0n) is 11.2. The summed E-state index contributed by atoms with van der Waals surface area (Å²) in [5.41, 5.74) is 1.17. The molecule has 1 heterocycles. The Hall–Kier alpha value is -1.56. The number of halogens is 1. The molecule has 0 aliphatic heterocycles. The van der Waals surface area contributed by atoms with Gasteiger partial charge in [-0.1, -0.05) is 29.8 Å². The molecule has 110 valence electrons. The SMILES string of the molecule is O=S(=O)(C1=CC=C(Cl)CC1)n1cc(CO)c2ccccc21. The summed E-state index contributed by atoms with van der Waals surface area (Å²) in [6.07, 6.45) is 5.57. The maximum Gasteiger partial charge on any atom is 0.264 e. The van der Waals surface area contributed by atoms with Crippen LogP contribution in [0.15, 0.2) is 52.6 Å². The molecule has 21 heavy (non-hydrogen) atoms. The fourth-order valence-corrected chi connectivity index (χ4v) is 4.17. The zero-order valence-corrected chi connectivity index (χ0v) is 12.7. The molecule has 0 amide bonds. The van der Waals surface area contributed by atoms with Gasteiger partial charge in [0.25, 0.3) is 10.0 Å². The summed E-state index contributed by atoms with van der Waals surface area (Å²) in [6, 6.07) is 7.14. The van der Waals surface area contributed by atoms with Gasteiger partial charge in [-0.2, -0.15) is 0 Å². The number of aliphatic hydroxyl groups excluding tert-OH is 1. The first-order chi connectivity index (χ1) is 10.0. The molecule has 1 aromatic heterocycles. The first-order valence-electron chi connectivity index (χ1n) is 6.54. The third-order valence-corrected chi connectivity index (χ3v) is 5.72. The van der Waals surface area contributed by atoms with Gasteiger partial charge >= 0.3 is 0 Å². The molecule has 0 saturated carbocycles. The van der Waals surface area contributed by atoms with Crippen molar-refractivity contribution in [1.29, 1.82) is 0 Å². The Morgan fingerprint density at radius 1 is 1.19 bits per heavy atom. The van der Waals surface area contributed by atoms with Crippen LogP contribution >= 0.6 is 11.6 Å². The fraction of sp³-hybridized carbons (Fsp3) is 0.200. The lowest BCUT2D eigenvalue weighted by Gasteiger charge is -2.13. The molecule has 3 rings (SSSR count). The summed E-state index contributed by atoms with van der Waals surface area (Å²) in [7, 11) is -3.64. The first kappa shape index (κ1) is 14.4. The molecule has 0 bridgehead atoms. The number of allylic oxidation sites excluding steroid dienone is 4. The quantitative estimate of drug-likeness (QED) is 0.944. The smallest absolute Gasteiger partial charge is 0.264 e. The van der Waals surface area contributed by atoms with E-state index in [2.05, 4.69) is 0 Å². The van der Waals surface area contributed by atoms with E-state index in [1.165, 1.54) is 10.2 Å². The molecule has 1 aliphatic carbocycles. The minimum Gasteiger partial charge on any atom is -0.392 e. The predicted octanol–water partition coefficient (Wildman–Crippen LogP) is 3.11. The topological polar surface area (TPSA) is 59.3 Å². The number of benzene rings is 1. The van der Waals surface area contributed by atoms with Crippen LogP contribution in [0.25, 0.3) is 10.9 Å². The second-order valence-electron chi connectivity index (χ2n) is 4.88. The van der Waals surface area contributed by atoms with Gasteiger partial charge in [0.1, 0.15) is 0 Å². The largest absolute Gasteiger partial charge is 0.392 e. The van der Waals surface area contributed by atoms with E-state index in [9.17, 15) is 13.5 Å². The highest BCUT2D eigenvalue weighted by molar-refractivity contribution is 7.94. The van der Waals surface area contributed by atoms with Crippen LogP contribution in [0.1, 0.15) is 18.4 Å². The lowest BCUT2D eigenvalue weighted by Crippen LogP contribution is -2.15. The van der Waals surface area contributed by atoms with E-state index >= 15 is 0 Å². The van der Waals surface area contributed by atoms with Crippen molar-refractivity contribution in [2.24, 2.45) is 0 Å². The van der Waals surface area contributed by atoms with Gasteiger partial charge in [0, 0.05) is 22.2 Å². The van der Waals surface area contributed by atoms with Gasteiger partial charge in [-0.05, 0) is 31.1 Å². The first-order valence-corrected chi connectivity index (χ1v) is 8.36. The Morgan fingerprint density at radius 2 is 1.95 bits per heavy atom. The molecule has 0 saturated heterocycles. The van der Waals surface area contributed by atoms with E-state index in [-0.39, 0.29) is 6.61 Å². The molecule has 2 aromatic rings. The van der Waals surface area contributed by atoms with Crippen molar-refractivity contribution in [2.75, 3.05) is 0 Å². The normalized spacial score (nSPS) is 15.9. The summed E-state index contributed by atoms with van der Waals surface area (Å²) in [5, 5.41) is 10.8. The summed E-state index contributed by atoms with van der Waals surface area (Å²) in [6.45, 7) is -0.201. The van der Waals surface area contributed by atoms with Crippen molar-refractivity contribution in [3.05, 3.63) is 58.1 Å². The molecular weight excluding hydrogens is 310 g/mol. The highest BCUT2D eigenvalue weighted by Crippen LogP contribution is 2.30. The number of para-hydroxylation sites is 1. The van der Waals surface area contributed by atoms with Gasteiger partial charge in [-0.3, -0.25) is 0 Å². The van der Waals surface area contributed by atoms with E-state index in [4.69, 9.17) is 11.6 Å². The molecule has 0 radical (unpaired) electrons. The van der Waals surface area contributed by atoms with Gasteiger partial charge in [-0.25, -0.2) is 12.4 Å². The number of aromatic nitrogens is 1. The van der Waals surface area contributed by atoms with E-state index in [0.717, 1.165) is 5.39 Å². The number of nitrogens with zero attached hydrogens (tertiary/aromatic N) is 1. The number of rotatable bonds is 3. The molecule has 1 N–H and O–H groups in total. The van der Waals surface area contributed by atoms with Crippen LogP contribution in [0.5, 0.6) is 0 Å². The standard InChI is InChI=1S/C15H14ClNO3S/c16-12-5-7-13(8-6-12)21(19,20)17-9-11(10-18)14-3-1-2-4-15(14)17/h1-5,7,9,18H,6,8,10H2. The van der Waals surface area contributed by atoms with Crippen LogP contribution in [0.4, 0.5) is 0 Å². The number of aliphatic hydroxyl groups is 1. The molecule has 6 heteroatoms. The van der Waals surface area contributed by atoms with Crippen molar-refractivity contribution in [1.82, 2.24) is 3.97 Å². The van der Waals surface area contributed by atoms with E-state index in [0.29, 0.717) is 33.9 Å². The van der Waals surface area contributed by atoms with E-state index < -0.39 is 10.0 Å². The van der Waals surface area contributed by atoms with Gasteiger partial charge in [-0.15, -0.1) is 0 Å². The number of hydrogen-bond donors (Lipinski definition) is 1. The van der Waals surface area contributed by atoms with Gasteiger partial charge < -0.3 is 5.11 Å². The van der Waals surface area contributed by atoms with E-state index in [1.807, 2.05) is 6.07 Å². The van der Waals surface area contributed by atoms with Crippen molar-refractivity contribution < 1.29 is 13.5 Å². The molecular formula is C15H14ClNO3S. The minimum atomic E-state index is -3.64. The van der Waals surface area contributed by atoms with Crippen LogP contribution in [-0.4, -0.2) is 17.5 Å². The monoisotopic (exact) mass is 323 g/mol. The van der Waals surface area contributed by atoms with Gasteiger partial charge in [0.05, 0.1) is 17.0 Å². The molecule has 0 unspecified atom stereocenters. The summed E-state index contributed by atoms with van der Waals surface area (Å²) in [5.74, 6) is 0. The highest BCUT2D eigenvalue weighted by Gasteiger charge is 2.24. The average Bonchev–Trinajstić information content (AvgIpc) is 2.87. The van der Waals surface area contributed by atoms with Gasteiger partial charge in [0.15, 0.2) is 0 Å². The lowest BCUT2D eigenvalue weighted by atomic mass is 10.2. The lowest BCUT2D eigenvalue weighted by molar-refractivity contribution is 0.283. The van der Waals surface area contributed by atoms with Crippen molar-refractivity contribution in [2.45, 2.75) is 19.4 Å². The van der Waals surface area contributed by atoms with Crippen LogP contribution in [0, 0.1) is 0 Å². The molecule has 1 aliphatic rings. The van der Waals surface area contributed by atoms with Crippen molar-refractivity contribution in [3.8, 4) is 0 Å². The maximum absolute atomic E-state index is 12.8. The second kappa shape index (κ2) is 5.33. The molecule has 0 fully saturated rings. The molecule has 4 nitrogen and oxygen atoms in total. The van der Waals surface area contributed by atoms with Crippen LogP contribution < -0.4 is 0 Å². The maximum atomic E-state index is 12.8. The fourth-order valence-electron chi connectivity index (χ4n) is 2.48. The Morgan fingerprint density at radius 3 is 2.62 bits per heavy atom. The predicted molar refractivity (Wildman–Crippen MR) is 83.4 cm³/mol. The third-order valence-electron chi connectivity index (χ3n) is 3.58. The van der Waals surface area contributed by atoms with Crippen LogP contribution in [0.2, 0.25) is 0 Å². The van der Waals surface area contributed by atoms with Gasteiger partial charge in [0.2, 0.25) is 0 Å². The Balaban J connectivity index is 2.20. The Kier molecular flexibility index (Phi) is 3.65. The van der Waals surface area contributed by atoms with Crippen LogP contribution in [0.3, 0.4) is 0 Å². The average molecular weight is 324 g/mol. The minimum absolute atomic E-state index is 0.201. The second-order valence-corrected chi connectivity index (χ2v) is 7.23. The molecule has 1 aromatic carbocycles. The summed E-state index contributed by atoms with van der Waals surface area (Å²) in [4.78, 5) is 0.331. The van der Waals surface area contributed by atoms with Crippen molar-refractivity contribution in [3.63, 3.8) is 0 Å². The Bertz CT molecular complexity index is 862. The third kappa shape index (κ3) is 2.41. The van der Waals surface area contributed by atoms with Crippen molar-refractivity contribution >= 4 is 32.5 Å². The number of fused-ring (bicyclic) bond motifs is 1. The molecule has 0 spiro atoms. The van der Waals surface area contributed by atoms with Crippen LogP contribution in [-0.2, 0) is 16.6 Å². The molecule has 0 atom stereocenters.